The second kappa shape index (κ2) is 7.03. The van der Waals surface area contributed by atoms with Crippen molar-refractivity contribution in [3.05, 3.63) is 35.9 Å². The van der Waals surface area contributed by atoms with Crippen LogP contribution in [0.3, 0.4) is 0 Å². The molecule has 5 atom stereocenters. The topological polar surface area (TPSA) is 102 Å². The summed E-state index contributed by atoms with van der Waals surface area (Å²) in [4.78, 5) is 0. The fraction of sp³-hybridized carbons (Fsp3) is 0.571. The summed E-state index contributed by atoms with van der Waals surface area (Å²) in [6, 6.07) is 9.31. The van der Waals surface area contributed by atoms with Gasteiger partial charge in [0.05, 0.1) is 19.0 Å². The summed E-state index contributed by atoms with van der Waals surface area (Å²) in [6.07, 6.45) is -4.91. The Hall–Kier alpha value is -1.03. The predicted molar refractivity (Wildman–Crippen MR) is 77.3 cm³/mol. The lowest BCUT2D eigenvalue weighted by Crippen LogP contribution is -2.58. The van der Waals surface area contributed by atoms with Crippen LogP contribution in [0.1, 0.15) is 12.5 Å². The molecule has 1 fully saturated rings. The zero-order valence-electron chi connectivity index (χ0n) is 12.3. The molecule has 7 nitrogen and oxygen atoms in total. The van der Waals surface area contributed by atoms with Crippen LogP contribution in [-0.4, -0.2) is 55.6 Å². The van der Waals surface area contributed by atoms with Crippen LogP contribution in [0.25, 0.3) is 0 Å². The first-order chi connectivity index (χ1) is 10.3. The molecule has 2 N–H and O–H groups in total. The highest BCUT2D eigenvalue weighted by atomic mass is 32.2. The first kappa shape index (κ1) is 17.3. The highest BCUT2D eigenvalue weighted by molar-refractivity contribution is 7.86. The Labute approximate surface area is 129 Å². The molecule has 0 spiro atoms. The summed E-state index contributed by atoms with van der Waals surface area (Å²) >= 11 is 0. The third-order valence-electron chi connectivity index (χ3n) is 3.34. The largest absolute Gasteiger partial charge is 0.387 e. The molecule has 1 aliphatic rings. The highest BCUT2D eigenvalue weighted by Crippen LogP contribution is 2.26. The first-order valence-electron chi connectivity index (χ1n) is 6.83. The fourth-order valence-electron chi connectivity index (χ4n) is 2.32. The maximum atomic E-state index is 11.2. The third kappa shape index (κ3) is 4.48. The van der Waals surface area contributed by atoms with E-state index in [0.29, 0.717) is 0 Å². The van der Waals surface area contributed by atoms with Gasteiger partial charge in [-0.15, -0.1) is 0 Å². The lowest BCUT2D eigenvalue weighted by atomic mass is 10.00. The third-order valence-corrected chi connectivity index (χ3v) is 3.91. The van der Waals surface area contributed by atoms with E-state index >= 15 is 0 Å². The number of hydrogen-bond donors (Lipinski definition) is 2. The molecule has 0 aliphatic carbocycles. The second-order valence-corrected chi connectivity index (χ2v) is 6.85. The number of benzene rings is 1. The Morgan fingerprint density at radius 1 is 1.18 bits per heavy atom. The van der Waals surface area contributed by atoms with Crippen molar-refractivity contribution in [3.63, 3.8) is 0 Å². The standard InChI is InChI=1S/C14H20O7S/c1-9-12(19-8-10-6-4-3-5-7-10)11(15)13(14(16)20-9)21-22(2,17)18/h3-7,9,11-16H,8H2,1-2H3. The van der Waals surface area contributed by atoms with E-state index in [0.717, 1.165) is 11.8 Å². The van der Waals surface area contributed by atoms with Gasteiger partial charge >= 0.3 is 0 Å². The molecule has 1 heterocycles. The van der Waals surface area contributed by atoms with E-state index in [-0.39, 0.29) is 6.61 Å². The molecule has 1 saturated heterocycles. The van der Waals surface area contributed by atoms with Gasteiger partial charge in [-0.25, -0.2) is 0 Å². The Balaban J connectivity index is 2.05. The molecule has 1 aliphatic heterocycles. The van der Waals surface area contributed by atoms with Crippen molar-refractivity contribution >= 4 is 10.1 Å². The smallest absolute Gasteiger partial charge is 0.264 e. The molecule has 0 amide bonds. The maximum Gasteiger partial charge on any atom is 0.264 e. The van der Waals surface area contributed by atoms with E-state index in [9.17, 15) is 18.6 Å². The Morgan fingerprint density at radius 3 is 2.41 bits per heavy atom. The molecule has 0 saturated carbocycles. The monoisotopic (exact) mass is 332 g/mol. The van der Waals surface area contributed by atoms with Crippen molar-refractivity contribution in [3.8, 4) is 0 Å². The van der Waals surface area contributed by atoms with Crippen molar-refractivity contribution in [1.29, 1.82) is 0 Å². The lowest BCUT2D eigenvalue weighted by molar-refractivity contribution is -0.280. The maximum absolute atomic E-state index is 11.2. The van der Waals surface area contributed by atoms with Gasteiger partial charge in [0.25, 0.3) is 10.1 Å². The van der Waals surface area contributed by atoms with Gasteiger partial charge < -0.3 is 19.7 Å². The van der Waals surface area contributed by atoms with E-state index < -0.39 is 40.8 Å². The van der Waals surface area contributed by atoms with Crippen LogP contribution < -0.4 is 0 Å². The summed E-state index contributed by atoms with van der Waals surface area (Å²) in [5, 5.41) is 20.0. The van der Waals surface area contributed by atoms with E-state index in [2.05, 4.69) is 0 Å². The molecule has 5 unspecified atom stereocenters. The first-order valence-corrected chi connectivity index (χ1v) is 8.65. The van der Waals surface area contributed by atoms with E-state index in [1.807, 2.05) is 30.3 Å². The van der Waals surface area contributed by atoms with Gasteiger partial charge in [-0.05, 0) is 12.5 Å². The van der Waals surface area contributed by atoms with Crippen LogP contribution in [-0.2, 0) is 30.4 Å². The second-order valence-electron chi connectivity index (χ2n) is 5.25. The zero-order valence-corrected chi connectivity index (χ0v) is 13.1. The van der Waals surface area contributed by atoms with Gasteiger partial charge in [-0.1, -0.05) is 30.3 Å². The minimum absolute atomic E-state index is 0.220. The van der Waals surface area contributed by atoms with Crippen molar-refractivity contribution < 1.29 is 32.3 Å². The quantitative estimate of drug-likeness (QED) is 0.733. The van der Waals surface area contributed by atoms with Crippen LogP contribution >= 0.6 is 0 Å². The van der Waals surface area contributed by atoms with Gasteiger partial charge in [0.15, 0.2) is 12.4 Å². The lowest BCUT2D eigenvalue weighted by Gasteiger charge is -2.40. The molecule has 0 aromatic heterocycles. The van der Waals surface area contributed by atoms with Gasteiger partial charge in [0, 0.05) is 0 Å². The van der Waals surface area contributed by atoms with Gasteiger partial charge in [0.1, 0.15) is 12.2 Å². The highest BCUT2D eigenvalue weighted by Gasteiger charge is 2.45. The van der Waals surface area contributed by atoms with Crippen molar-refractivity contribution in [2.45, 2.75) is 44.2 Å². The van der Waals surface area contributed by atoms with Crippen molar-refractivity contribution in [1.82, 2.24) is 0 Å². The summed E-state index contributed by atoms with van der Waals surface area (Å²) < 4.78 is 38.0. The van der Waals surface area contributed by atoms with Crippen molar-refractivity contribution in [2.75, 3.05) is 6.26 Å². The molecule has 124 valence electrons. The van der Waals surface area contributed by atoms with E-state index in [1.165, 1.54) is 0 Å². The fourth-order valence-corrected chi connectivity index (χ4v) is 2.93. The summed E-state index contributed by atoms with van der Waals surface area (Å²) in [5.41, 5.74) is 0.897. The average Bonchev–Trinajstić information content (AvgIpc) is 2.43. The number of hydrogen-bond acceptors (Lipinski definition) is 7. The summed E-state index contributed by atoms with van der Waals surface area (Å²) in [5.74, 6) is 0. The van der Waals surface area contributed by atoms with Crippen LogP contribution in [0.15, 0.2) is 30.3 Å². The SMILES string of the molecule is CC1OC(O)C(OS(C)(=O)=O)C(O)C1OCc1ccccc1. The molecule has 1 aromatic rings. The molecule has 0 radical (unpaired) electrons. The van der Waals surface area contributed by atoms with Crippen LogP contribution in [0.5, 0.6) is 0 Å². The number of aliphatic hydroxyl groups excluding tert-OH is 2. The van der Waals surface area contributed by atoms with E-state index in [1.54, 1.807) is 6.92 Å². The van der Waals surface area contributed by atoms with Crippen LogP contribution in [0, 0.1) is 0 Å². The zero-order chi connectivity index (χ0) is 16.3. The van der Waals surface area contributed by atoms with Gasteiger partial charge in [-0.3, -0.25) is 4.18 Å². The molecule has 2 rings (SSSR count). The molecule has 8 heteroatoms. The summed E-state index contributed by atoms with van der Waals surface area (Å²) in [6.45, 7) is 1.84. The molecule has 0 bridgehead atoms. The predicted octanol–water partition coefficient (Wildman–Crippen LogP) is 0.0146. The van der Waals surface area contributed by atoms with Gasteiger partial charge in [0.2, 0.25) is 0 Å². The van der Waals surface area contributed by atoms with Gasteiger partial charge in [-0.2, -0.15) is 8.42 Å². The Bertz CT molecular complexity index is 574. The normalized spacial score (nSPS) is 32.8. The van der Waals surface area contributed by atoms with Crippen LogP contribution in [0.2, 0.25) is 0 Å². The molecular weight excluding hydrogens is 312 g/mol. The number of rotatable bonds is 5. The Kier molecular flexibility index (Phi) is 5.54. The van der Waals surface area contributed by atoms with Crippen molar-refractivity contribution in [2.24, 2.45) is 0 Å². The van der Waals surface area contributed by atoms with Crippen LogP contribution in [0.4, 0.5) is 0 Å². The Morgan fingerprint density at radius 2 is 1.82 bits per heavy atom. The number of aliphatic hydroxyl groups is 2. The number of ether oxygens (including phenoxy) is 2. The summed E-state index contributed by atoms with van der Waals surface area (Å²) in [7, 11) is -3.85. The molecular formula is C14H20O7S. The minimum Gasteiger partial charge on any atom is -0.387 e. The average molecular weight is 332 g/mol. The molecule has 1 aromatic carbocycles. The minimum atomic E-state index is -3.85. The van der Waals surface area contributed by atoms with E-state index in [4.69, 9.17) is 13.7 Å². The molecule has 22 heavy (non-hydrogen) atoms.